The van der Waals surface area contributed by atoms with Crippen molar-refractivity contribution in [3.05, 3.63) is 0 Å². The summed E-state index contributed by atoms with van der Waals surface area (Å²) in [6, 6.07) is 0. The Kier molecular flexibility index (Phi) is 1.34. The van der Waals surface area contributed by atoms with Gasteiger partial charge in [-0.1, -0.05) is 13.8 Å². The number of carbonyl (C=O) groups excluding carboxylic acids is 1. The highest BCUT2D eigenvalue weighted by molar-refractivity contribution is 5.84. The van der Waals surface area contributed by atoms with Gasteiger partial charge in [0.05, 0.1) is 0 Å². The van der Waals surface area contributed by atoms with Gasteiger partial charge in [0.2, 0.25) is 0 Å². The van der Waals surface area contributed by atoms with Crippen molar-refractivity contribution in [3.63, 3.8) is 0 Å². The van der Waals surface area contributed by atoms with E-state index in [2.05, 4.69) is 13.8 Å². The predicted octanol–water partition coefficient (Wildman–Crippen LogP) is 1.36. The molecule has 1 saturated heterocycles. The van der Waals surface area contributed by atoms with Crippen LogP contribution in [0.15, 0.2) is 0 Å². The maximum Gasteiger partial charge on any atom is 0.339 e. The Balaban J connectivity index is 2.13. The quantitative estimate of drug-likeness (QED) is 0.594. The Labute approximate surface area is 83.8 Å². The molecule has 2 bridgehead atoms. The molecule has 2 saturated carbocycles. The Morgan fingerprint density at radius 1 is 1.50 bits per heavy atom. The minimum atomic E-state index is -0.600. The summed E-state index contributed by atoms with van der Waals surface area (Å²) in [6.45, 7) is 4.48. The van der Waals surface area contributed by atoms with Gasteiger partial charge < -0.3 is 9.47 Å². The van der Waals surface area contributed by atoms with E-state index in [-0.39, 0.29) is 23.4 Å². The minimum Gasteiger partial charge on any atom is -0.460 e. The first-order chi connectivity index (χ1) is 6.52. The largest absolute Gasteiger partial charge is 0.460 e. The SMILES string of the molecule is COC12CC3CC(OC1=O)C2C3(C)C. The van der Waals surface area contributed by atoms with Crippen LogP contribution in [0.5, 0.6) is 0 Å². The van der Waals surface area contributed by atoms with E-state index in [9.17, 15) is 4.79 Å². The smallest absolute Gasteiger partial charge is 0.339 e. The molecule has 0 aromatic heterocycles. The zero-order chi connectivity index (χ0) is 10.1. The lowest BCUT2D eigenvalue weighted by atomic mass is 9.78. The molecule has 3 nitrogen and oxygen atoms in total. The van der Waals surface area contributed by atoms with Crippen molar-refractivity contribution >= 4 is 5.97 Å². The molecular weight excluding hydrogens is 180 g/mol. The summed E-state index contributed by atoms with van der Waals surface area (Å²) in [6.07, 6.45) is 2.02. The van der Waals surface area contributed by atoms with Crippen molar-refractivity contribution in [1.82, 2.24) is 0 Å². The molecule has 3 aliphatic rings. The molecule has 0 radical (unpaired) electrons. The number of ether oxygens (including phenoxy) is 2. The Morgan fingerprint density at radius 2 is 2.21 bits per heavy atom. The van der Waals surface area contributed by atoms with Crippen LogP contribution in [-0.2, 0) is 14.3 Å². The second kappa shape index (κ2) is 2.16. The molecule has 1 aliphatic heterocycles. The van der Waals surface area contributed by atoms with E-state index in [4.69, 9.17) is 9.47 Å². The molecule has 14 heavy (non-hydrogen) atoms. The van der Waals surface area contributed by atoms with Crippen molar-refractivity contribution in [3.8, 4) is 0 Å². The number of hydrogen-bond donors (Lipinski definition) is 0. The number of rotatable bonds is 1. The van der Waals surface area contributed by atoms with Gasteiger partial charge in [-0.3, -0.25) is 0 Å². The van der Waals surface area contributed by atoms with Crippen molar-refractivity contribution in [2.75, 3.05) is 7.11 Å². The number of carbonyl (C=O) groups is 1. The molecule has 0 amide bonds. The van der Waals surface area contributed by atoms with Crippen LogP contribution in [-0.4, -0.2) is 24.8 Å². The standard InChI is InChI=1S/C11H16O3/c1-10(2)6-4-7-8(10)11(5-6,13-3)9(12)14-7/h6-8H,4-5H2,1-3H3. The molecule has 0 spiro atoms. The topological polar surface area (TPSA) is 35.5 Å². The van der Waals surface area contributed by atoms with Crippen molar-refractivity contribution in [2.45, 2.75) is 38.4 Å². The Bertz CT molecular complexity index is 310. The summed E-state index contributed by atoms with van der Waals surface area (Å²) in [7, 11) is 1.64. The molecule has 1 heterocycles. The van der Waals surface area contributed by atoms with E-state index in [1.807, 2.05) is 0 Å². The molecule has 0 aromatic carbocycles. The average molecular weight is 196 g/mol. The molecule has 78 valence electrons. The second-order valence-electron chi connectivity index (χ2n) is 5.47. The van der Waals surface area contributed by atoms with Crippen molar-refractivity contribution in [1.29, 1.82) is 0 Å². The highest BCUT2D eigenvalue weighted by Gasteiger charge is 2.74. The summed E-state index contributed by atoms with van der Waals surface area (Å²) in [5.74, 6) is 0.740. The lowest BCUT2D eigenvalue weighted by molar-refractivity contribution is -0.157. The highest BCUT2D eigenvalue weighted by Crippen LogP contribution is 2.66. The van der Waals surface area contributed by atoms with Gasteiger partial charge in [0, 0.05) is 13.0 Å². The van der Waals surface area contributed by atoms with E-state index in [1.165, 1.54) is 0 Å². The van der Waals surface area contributed by atoms with E-state index in [0.29, 0.717) is 5.92 Å². The molecule has 3 rings (SSSR count). The third-order valence-corrected chi connectivity index (χ3v) is 4.76. The molecule has 3 fully saturated rings. The van der Waals surface area contributed by atoms with Crippen molar-refractivity contribution < 1.29 is 14.3 Å². The summed E-state index contributed by atoms with van der Waals surface area (Å²) in [5.41, 5.74) is -0.399. The number of esters is 1. The summed E-state index contributed by atoms with van der Waals surface area (Å²) in [5, 5.41) is 0. The van der Waals surface area contributed by atoms with Gasteiger partial charge in [-0.15, -0.1) is 0 Å². The molecule has 0 aromatic rings. The van der Waals surface area contributed by atoms with Crippen molar-refractivity contribution in [2.24, 2.45) is 17.3 Å². The summed E-state index contributed by atoms with van der Waals surface area (Å²) >= 11 is 0. The van der Waals surface area contributed by atoms with Crippen LogP contribution in [0.3, 0.4) is 0 Å². The first kappa shape index (κ1) is 8.72. The third kappa shape index (κ3) is 0.659. The molecular formula is C11H16O3. The normalized spacial score (nSPS) is 52.5. The van der Waals surface area contributed by atoms with Crippen LogP contribution in [0.1, 0.15) is 26.7 Å². The Morgan fingerprint density at radius 3 is 2.71 bits per heavy atom. The van der Waals surface area contributed by atoms with Crippen LogP contribution >= 0.6 is 0 Å². The monoisotopic (exact) mass is 196 g/mol. The van der Waals surface area contributed by atoms with Gasteiger partial charge in [-0.2, -0.15) is 0 Å². The van der Waals surface area contributed by atoms with E-state index >= 15 is 0 Å². The van der Waals surface area contributed by atoms with Gasteiger partial charge in [0.15, 0.2) is 5.60 Å². The van der Waals surface area contributed by atoms with Gasteiger partial charge in [0.1, 0.15) is 6.10 Å². The van der Waals surface area contributed by atoms with Crippen LogP contribution in [0.4, 0.5) is 0 Å². The first-order valence-electron chi connectivity index (χ1n) is 5.28. The van der Waals surface area contributed by atoms with E-state index in [1.54, 1.807) is 7.11 Å². The zero-order valence-corrected chi connectivity index (χ0v) is 8.87. The fourth-order valence-electron chi connectivity index (χ4n) is 4.05. The van der Waals surface area contributed by atoms with Crippen LogP contribution in [0.2, 0.25) is 0 Å². The molecule has 0 N–H and O–H groups in total. The van der Waals surface area contributed by atoms with Gasteiger partial charge in [-0.25, -0.2) is 4.79 Å². The Hall–Kier alpha value is -0.570. The van der Waals surface area contributed by atoms with E-state index in [0.717, 1.165) is 12.8 Å². The van der Waals surface area contributed by atoms with E-state index < -0.39 is 5.60 Å². The van der Waals surface area contributed by atoms with Crippen LogP contribution in [0.25, 0.3) is 0 Å². The van der Waals surface area contributed by atoms with Gasteiger partial charge >= 0.3 is 5.97 Å². The fraction of sp³-hybridized carbons (Fsp3) is 0.909. The number of hydrogen-bond acceptors (Lipinski definition) is 3. The maximum atomic E-state index is 11.8. The third-order valence-electron chi connectivity index (χ3n) is 4.76. The maximum absolute atomic E-state index is 11.8. The van der Waals surface area contributed by atoms with Crippen LogP contribution in [0, 0.1) is 17.3 Å². The highest BCUT2D eigenvalue weighted by atomic mass is 16.6. The number of fused-ring (bicyclic) bond motifs is 1. The minimum absolute atomic E-state index is 0.121. The molecule has 4 atom stereocenters. The predicted molar refractivity (Wildman–Crippen MR) is 49.6 cm³/mol. The average Bonchev–Trinajstić information content (AvgIpc) is 2.56. The molecule has 2 aliphatic carbocycles. The summed E-state index contributed by atoms with van der Waals surface area (Å²) in [4.78, 5) is 11.8. The van der Waals surface area contributed by atoms with Gasteiger partial charge in [0.25, 0.3) is 0 Å². The van der Waals surface area contributed by atoms with Crippen LogP contribution < -0.4 is 0 Å². The molecule has 3 heteroatoms. The second-order valence-corrected chi connectivity index (χ2v) is 5.47. The lowest BCUT2D eigenvalue weighted by Gasteiger charge is -2.29. The fourth-order valence-corrected chi connectivity index (χ4v) is 4.05. The molecule has 4 unspecified atom stereocenters. The zero-order valence-electron chi connectivity index (χ0n) is 8.87. The summed E-state index contributed by atoms with van der Waals surface area (Å²) < 4.78 is 10.9. The van der Waals surface area contributed by atoms with Gasteiger partial charge in [-0.05, 0) is 24.2 Å². The number of methoxy groups -OCH3 is 1. The lowest BCUT2D eigenvalue weighted by Crippen LogP contribution is -2.43. The first-order valence-corrected chi connectivity index (χ1v) is 5.28.